The molecule has 2 heterocycles. The molecule has 1 N–H and O–H groups in total. The van der Waals surface area contributed by atoms with Gasteiger partial charge in [0.2, 0.25) is 0 Å². The van der Waals surface area contributed by atoms with Crippen molar-refractivity contribution in [1.29, 1.82) is 0 Å². The summed E-state index contributed by atoms with van der Waals surface area (Å²) in [5, 5.41) is 8.64. The van der Waals surface area contributed by atoms with Gasteiger partial charge in [0.15, 0.2) is 11.3 Å². The number of halogens is 1. The Balaban J connectivity index is 2.70. The van der Waals surface area contributed by atoms with Crippen LogP contribution >= 0.6 is 22.9 Å². The second-order valence-corrected chi connectivity index (χ2v) is 3.44. The molecular weight excluding hydrogens is 285 g/mol. The van der Waals surface area contributed by atoms with Gasteiger partial charge in [0.05, 0.1) is 29.1 Å². The highest BCUT2D eigenvalue weighted by Gasteiger charge is 2.08. The molecule has 0 atom stereocenters. The van der Waals surface area contributed by atoms with Crippen LogP contribution in [0.5, 0.6) is 0 Å². The molecule has 5 nitrogen and oxygen atoms in total. The van der Waals surface area contributed by atoms with E-state index in [9.17, 15) is 4.79 Å². The van der Waals surface area contributed by atoms with E-state index in [-0.39, 0.29) is 5.69 Å². The number of hydrogen-bond acceptors (Lipinski definition) is 3. The third-order valence-electron chi connectivity index (χ3n) is 1.56. The summed E-state index contributed by atoms with van der Waals surface area (Å²) < 4.78 is 1.76. The van der Waals surface area contributed by atoms with Crippen LogP contribution in [0.3, 0.4) is 0 Å². The van der Waals surface area contributed by atoms with Crippen LogP contribution in [0, 0.1) is 0 Å². The first-order valence-corrected chi connectivity index (χ1v) is 4.38. The molecule has 13 heavy (non-hydrogen) atoms. The van der Waals surface area contributed by atoms with E-state index < -0.39 is 5.97 Å². The van der Waals surface area contributed by atoms with E-state index in [1.807, 2.05) is 22.9 Å². The number of hydrogen-bond donors (Lipinski definition) is 1. The predicted octanol–water partition coefficient (Wildman–Crippen LogP) is 1.33. The molecule has 0 saturated heterocycles. The van der Waals surface area contributed by atoms with E-state index >= 15 is 0 Å². The molecule has 2 aromatic rings. The van der Waals surface area contributed by atoms with Crippen LogP contribution in [0.15, 0.2) is 18.5 Å². The first-order chi connectivity index (χ1) is 6.18. The van der Waals surface area contributed by atoms with E-state index in [0.29, 0.717) is 11.2 Å². The van der Waals surface area contributed by atoms with E-state index in [1.54, 1.807) is 15.0 Å². The average Bonchev–Trinajstić information content (AvgIpc) is 2.47. The van der Waals surface area contributed by atoms with Gasteiger partial charge in [-0.25, -0.2) is 14.8 Å². The van der Waals surface area contributed by atoms with Gasteiger partial charge in [0.1, 0.15) is 5.52 Å². The molecule has 0 aromatic carbocycles. The molecular formula is C7H4IN3O2. The number of aromatic carboxylic acids is 1. The molecule has 0 aliphatic heterocycles. The van der Waals surface area contributed by atoms with Crippen LogP contribution in [-0.4, -0.2) is 23.8 Å². The maximum atomic E-state index is 10.5. The quantitative estimate of drug-likeness (QED) is 0.804. The molecule has 0 amide bonds. The lowest BCUT2D eigenvalue weighted by Gasteiger charge is -1.94. The van der Waals surface area contributed by atoms with Gasteiger partial charge in [0.25, 0.3) is 0 Å². The van der Waals surface area contributed by atoms with Crippen LogP contribution in [0.4, 0.5) is 0 Å². The highest BCUT2D eigenvalue weighted by atomic mass is 127. The normalized spacial score (nSPS) is 10.5. The Morgan fingerprint density at radius 1 is 1.62 bits per heavy atom. The summed E-state index contributed by atoms with van der Waals surface area (Å²) in [4.78, 5) is 18.4. The van der Waals surface area contributed by atoms with E-state index in [2.05, 4.69) is 9.97 Å². The van der Waals surface area contributed by atoms with Crippen LogP contribution in [-0.2, 0) is 0 Å². The molecule has 0 aliphatic carbocycles. The summed E-state index contributed by atoms with van der Waals surface area (Å²) in [5.41, 5.74) is 1.23. The molecule has 0 radical (unpaired) electrons. The van der Waals surface area contributed by atoms with E-state index in [1.165, 1.54) is 6.20 Å². The van der Waals surface area contributed by atoms with Crippen molar-refractivity contribution < 1.29 is 9.90 Å². The zero-order valence-corrected chi connectivity index (χ0v) is 8.46. The van der Waals surface area contributed by atoms with Gasteiger partial charge >= 0.3 is 5.97 Å². The first-order valence-electron chi connectivity index (χ1n) is 3.42. The minimum atomic E-state index is -1.06. The van der Waals surface area contributed by atoms with Crippen molar-refractivity contribution in [3.8, 4) is 0 Å². The summed E-state index contributed by atoms with van der Waals surface area (Å²) in [7, 11) is 0. The third kappa shape index (κ3) is 1.37. The van der Waals surface area contributed by atoms with Crippen LogP contribution in [0.1, 0.15) is 10.5 Å². The summed E-state index contributed by atoms with van der Waals surface area (Å²) in [6.07, 6.45) is 3.02. The fraction of sp³-hybridized carbons (Fsp3) is 0. The van der Waals surface area contributed by atoms with Gasteiger partial charge in [-0.2, -0.15) is 0 Å². The van der Waals surface area contributed by atoms with Crippen molar-refractivity contribution in [2.24, 2.45) is 0 Å². The fourth-order valence-corrected chi connectivity index (χ4v) is 1.52. The second-order valence-electron chi connectivity index (χ2n) is 2.40. The molecule has 0 bridgehead atoms. The Labute approximate surface area is 86.9 Å². The van der Waals surface area contributed by atoms with Gasteiger partial charge in [-0.05, 0) is 6.07 Å². The smallest absolute Gasteiger partial charge is 0.356 e. The van der Waals surface area contributed by atoms with E-state index in [4.69, 9.17) is 5.11 Å². The SMILES string of the molecule is O=C(O)c1cnc2c(ccn2I)n1. The molecule has 2 aromatic heterocycles. The van der Waals surface area contributed by atoms with Gasteiger partial charge in [-0.15, -0.1) is 0 Å². The lowest BCUT2D eigenvalue weighted by atomic mass is 10.4. The maximum Gasteiger partial charge on any atom is 0.356 e. The molecule has 66 valence electrons. The zero-order chi connectivity index (χ0) is 9.42. The van der Waals surface area contributed by atoms with Crippen LogP contribution in [0.25, 0.3) is 11.2 Å². The van der Waals surface area contributed by atoms with Crippen LogP contribution in [0.2, 0.25) is 0 Å². The largest absolute Gasteiger partial charge is 0.476 e. The minimum Gasteiger partial charge on any atom is -0.476 e. The molecule has 0 saturated carbocycles. The number of aromatic nitrogens is 3. The highest BCUT2D eigenvalue weighted by Crippen LogP contribution is 2.13. The summed E-state index contributed by atoms with van der Waals surface area (Å²) in [6.45, 7) is 0. The Morgan fingerprint density at radius 2 is 2.38 bits per heavy atom. The average molecular weight is 289 g/mol. The number of nitrogens with zero attached hydrogens (tertiary/aromatic N) is 3. The van der Waals surface area contributed by atoms with Gasteiger partial charge < -0.3 is 5.11 Å². The van der Waals surface area contributed by atoms with Crippen molar-refractivity contribution in [2.75, 3.05) is 0 Å². The number of rotatable bonds is 1. The van der Waals surface area contributed by atoms with E-state index in [0.717, 1.165) is 0 Å². The molecule has 0 fully saturated rings. The fourth-order valence-electron chi connectivity index (χ4n) is 0.983. The Kier molecular flexibility index (Phi) is 1.91. The molecule has 0 unspecified atom stereocenters. The number of fused-ring (bicyclic) bond motifs is 1. The van der Waals surface area contributed by atoms with Crippen molar-refractivity contribution in [3.05, 3.63) is 24.2 Å². The topological polar surface area (TPSA) is 68.0 Å². The molecule has 2 rings (SSSR count). The zero-order valence-electron chi connectivity index (χ0n) is 6.31. The second kappa shape index (κ2) is 2.95. The van der Waals surface area contributed by atoms with Crippen molar-refractivity contribution in [2.45, 2.75) is 0 Å². The Hall–Kier alpha value is -1.18. The van der Waals surface area contributed by atoms with Crippen LogP contribution < -0.4 is 0 Å². The lowest BCUT2D eigenvalue weighted by molar-refractivity contribution is 0.0690. The number of carboxylic acid groups (broad SMARTS) is 1. The summed E-state index contributed by atoms with van der Waals surface area (Å²) in [5.74, 6) is -1.06. The first kappa shape index (κ1) is 8.42. The Morgan fingerprint density at radius 3 is 3.08 bits per heavy atom. The highest BCUT2D eigenvalue weighted by molar-refractivity contribution is 14.1. The molecule has 0 aliphatic rings. The van der Waals surface area contributed by atoms with Gasteiger partial charge in [0, 0.05) is 6.20 Å². The maximum absolute atomic E-state index is 10.5. The molecule has 0 spiro atoms. The monoisotopic (exact) mass is 289 g/mol. The standard InChI is InChI=1S/C7H4IN3O2/c8-11-2-1-4-6(11)9-3-5(10-4)7(12)13/h1-3H,(H,12,13). The third-order valence-corrected chi connectivity index (χ3v) is 2.34. The summed E-state index contributed by atoms with van der Waals surface area (Å²) in [6, 6.07) is 1.72. The number of carboxylic acids is 1. The minimum absolute atomic E-state index is 0.0323. The van der Waals surface area contributed by atoms with Crippen molar-refractivity contribution in [3.63, 3.8) is 0 Å². The Bertz CT molecular complexity index is 480. The van der Waals surface area contributed by atoms with Crippen molar-refractivity contribution in [1.82, 2.24) is 12.7 Å². The van der Waals surface area contributed by atoms with Crippen molar-refractivity contribution >= 4 is 40.0 Å². The van der Waals surface area contributed by atoms with Gasteiger partial charge in [-0.3, -0.25) is 2.78 Å². The summed E-state index contributed by atoms with van der Waals surface area (Å²) >= 11 is 2.05. The molecule has 6 heteroatoms. The predicted molar refractivity (Wildman–Crippen MR) is 53.9 cm³/mol. The number of carbonyl (C=O) groups is 1. The lowest BCUT2D eigenvalue weighted by Crippen LogP contribution is -2.00. The van der Waals surface area contributed by atoms with Gasteiger partial charge in [-0.1, -0.05) is 0 Å².